The summed E-state index contributed by atoms with van der Waals surface area (Å²) in [4.78, 5) is 16.5. The van der Waals surface area contributed by atoms with E-state index in [-0.39, 0.29) is 11.7 Å². The quantitative estimate of drug-likeness (QED) is 0.394. The van der Waals surface area contributed by atoms with Crippen LogP contribution in [0.25, 0.3) is 11.1 Å². The van der Waals surface area contributed by atoms with E-state index in [0.29, 0.717) is 33.0 Å². The Kier molecular flexibility index (Phi) is 5.50. The molecular weight excluding hydrogens is 396 g/mol. The molecule has 1 heterocycles. The van der Waals surface area contributed by atoms with Gasteiger partial charge in [-0.3, -0.25) is 4.79 Å². The summed E-state index contributed by atoms with van der Waals surface area (Å²) in [6.45, 7) is 0. The van der Waals surface area contributed by atoms with Gasteiger partial charge in [-0.25, -0.2) is 4.98 Å². The minimum absolute atomic E-state index is 0.140. The molecule has 0 radical (unpaired) electrons. The topological polar surface area (TPSA) is 64.4 Å². The Labute approximate surface area is 170 Å². The molecule has 0 saturated carbocycles. The SMILES string of the molecule is O=C(CSc1nc2ccccc2o1)Nc1ccc(Oc2ccc(Cl)cc2)cc1. The van der Waals surface area contributed by atoms with E-state index in [1.165, 1.54) is 11.8 Å². The number of rotatable bonds is 6. The molecule has 1 aromatic heterocycles. The van der Waals surface area contributed by atoms with Gasteiger partial charge in [0.25, 0.3) is 5.22 Å². The summed E-state index contributed by atoms with van der Waals surface area (Å²) in [5, 5.41) is 3.97. The normalized spacial score (nSPS) is 10.8. The zero-order chi connectivity index (χ0) is 19.3. The third-order valence-corrected chi connectivity index (χ3v) is 4.87. The second-order valence-electron chi connectivity index (χ2n) is 5.86. The van der Waals surface area contributed by atoms with E-state index >= 15 is 0 Å². The Morgan fingerprint density at radius 2 is 1.68 bits per heavy atom. The molecule has 1 N–H and O–H groups in total. The number of benzene rings is 3. The molecule has 0 fully saturated rings. The fraction of sp³-hybridized carbons (Fsp3) is 0.0476. The van der Waals surface area contributed by atoms with Crippen LogP contribution < -0.4 is 10.1 Å². The predicted octanol–water partition coefficient (Wildman–Crippen LogP) is 6.00. The zero-order valence-electron chi connectivity index (χ0n) is 14.6. The highest BCUT2D eigenvalue weighted by molar-refractivity contribution is 7.99. The Morgan fingerprint density at radius 1 is 1.00 bits per heavy atom. The van der Waals surface area contributed by atoms with Crippen LogP contribution in [0.3, 0.4) is 0 Å². The van der Waals surface area contributed by atoms with Crippen LogP contribution in [0, 0.1) is 0 Å². The van der Waals surface area contributed by atoms with Crippen LogP contribution in [0.15, 0.2) is 82.4 Å². The molecule has 0 aliphatic heterocycles. The number of halogens is 1. The van der Waals surface area contributed by atoms with Crippen molar-refractivity contribution in [2.24, 2.45) is 0 Å². The third-order valence-electron chi connectivity index (χ3n) is 3.79. The number of aromatic nitrogens is 1. The molecular formula is C21H15ClN2O3S. The van der Waals surface area contributed by atoms with Crippen molar-refractivity contribution < 1.29 is 13.9 Å². The Balaban J connectivity index is 1.30. The van der Waals surface area contributed by atoms with E-state index in [2.05, 4.69) is 10.3 Å². The number of fused-ring (bicyclic) bond motifs is 1. The summed E-state index contributed by atoms with van der Waals surface area (Å²) in [7, 11) is 0. The van der Waals surface area contributed by atoms with Gasteiger partial charge in [0.2, 0.25) is 5.91 Å². The lowest BCUT2D eigenvalue weighted by atomic mass is 10.3. The van der Waals surface area contributed by atoms with Gasteiger partial charge >= 0.3 is 0 Å². The standard InChI is InChI=1S/C21H15ClN2O3S/c22-14-5-9-16(10-6-14)26-17-11-7-15(8-12-17)23-20(25)13-28-21-24-18-3-1-2-4-19(18)27-21/h1-12H,13H2,(H,23,25). The maximum Gasteiger partial charge on any atom is 0.257 e. The number of carbonyl (C=O) groups excluding carboxylic acids is 1. The number of oxazole rings is 1. The first kappa shape index (κ1) is 18.4. The maximum absolute atomic E-state index is 12.2. The summed E-state index contributed by atoms with van der Waals surface area (Å²) in [6, 6.07) is 21.8. The first-order valence-corrected chi connectivity index (χ1v) is 9.84. The highest BCUT2D eigenvalue weighted by Crippen LogP contribution is 2.25. The number of para-hydroxylation sites is 2. The van der Waals surface area contributed by atoms with E-state index in [4.69, 9.17) is 20.8 Å². The summed E-state index contributed by atoms with van der Waals surface area (Å²) in [5.74, 6) is 1.42. The summed E-state index contributed by atoms with van der Waals surface area (Å²) in [6.07, 6.45) is 0. The number of nitrogens with one attached hydrogen (secondary N) is 1. The first-order valence-electron chi connectivity index (χ1n) is 8.47. The fourth-order valence-electron chi connectivity index (χ4n) is 2.48. The Hall–Kier alpha value is -2.96. The first-order chi connectivity index (χ1) is 13.7. The van der Waals surface area contributed by atoms with Gasteiger partial charge in [-0.1, -0.05) is 35.5 Å². The highest BCUT2D eigenvalue weighted by atomic mass is 35.5. The summed E-state index contributed by atoms with van der Waals surface area (Å²) >= 11 is 7.12. The number of nitrogens with zero attached hydrogens (tertiary/aromatic N) is 1. The van der Waals surface area contributed by atoms with Gasteiger partial charge in [-0.15, -0.1) is 0 Å². The number of carbonyl (C=O) groups is 1. The van der Waals surface area contributed by atoms with Crippen molar-refractivity contribution >= 4 is 46.1 Å². The number of amides is 1. The van der Waals surface area contributed by atoms with Crippen molar-refractivity contribution in [2.75, 3.05) is 11.1 Å². The third kappa shape index (κ3) is 4.65. The Bertz CT molecular complexity index is 1060. The molecule has 5 nitrogen and oxygen atoms in total. The number of thioether (sulfide) groups is 1. The zero-order valence-corrected chi connectivity index (χ0v) is 16.2. The maximum atomic E-state index is 12.2. The smallest absolute Gasteiger partial charge is 0.257 e. The molecule has 0 unspecified atom stereocenters. The van der Waals surface area contributed by atoms with Crippen LogP contribution in [-0.2, 0) is 4.79 Å². The van der Waals surface area contributed by atoms with E-state index in [9.17, 15) is 4.79 Å². The molecule has 0 bridgehead atoms. The van der Waals surface area contributed by atoms with Gasteiger partial charge in [0.05, 0.1) is 5.75 Å². The monoisotopic (exact) mass is 410 g/mol. The number of hydrogen-bond acceptors (Lipinski definition) is 5. The van der Waals surface area contributed by atoms with Crippen molar-refractivity contribution in [3.05, 3.63) is 77.8 Å². The van der Waals surface area contributed by atoms with Crippen molar-refractivity contribution in [1.82, 2.24) is 4.98 Å². The minimum atomic E-state index is -0.140. The van der Waals surface area contributed by atoms with Crippen molar-refractivity contribution in [3.63, 3.8) is 0 Å². The van der Waals surface area contributed by atoms with Crippen molar-refractivity contribution in [3.8, 4) is 11.5 Å². The molecule has 1 amide bonds. The summed E-state index contributed by atoms with van der Waals surface area (Å²) < 4.78 is 11.3. The second kappa shape index (κ2) is 8.37. The van der Waals surface area contributed by atoms with Gasteiger partial charge in [0, 0.05) is 10.7 Å². The van der Waals surface area contributed by atoms with Crippen LogP contribution in [0.4, 0.5) is 5.69 Å². The van der Waals surface area contributed by atoms with Gasteiger partial charge < -0.3 is 14.5 Å². The second-order valence-corrected chi connectivity index (χ2v) is 7.23. The van der Waals surface area contributed by atoms with Crippen molar-refractivity contribution in [1.29, 1.82) is 0 Å². The van der Waals surface area contributed by atoms with Gasteiger partial charge in [-0.2, -0.15) is 0 Å². The van der Waals surface area contributed by atoms with E-state index < -0.39 is 0 Å². The molecule has 140 valence electrons. The lowest BCUT2D eigenvalue weighted by Gasteiger charge is -2.08. The Morgan fingerprint density at radius 3 is 2.39 bits per heavy atom. The molecule has 3 aromatic carbocycles. The molecule has 4 aromatic rings. The fourth-order valence-corrected chi connectivity index (χ4v) is 3.25. The molecule has 0 aliphatic rings. The lowest BCUT2D eigenvalue weighted by molar-refractivity contribution is -0.113. The van der Waals surface area contributed by atoms with E-state index in [1.807, 2.05) is 24.3 Å². The van der Waals surface area contributed by atoms with E-state index in [1.54, 1.807) is 48.5 Å². The predicted molar refractivity (Wildman–Crippen MR) is 111 cm³/mol. The largest absolute Gasteiger partial charge is 0.457 e. The van der Waals surface area contributed by atoms with Gasteiger partial charge in [0.1, 0.15) is 17.0 Å². The molecule has 7 heteroatoms. The molecule has 0 atom stereocenters. The molecule has 0 spiro atoms. The number of ether oxygens (including phenoxy) is 1. The number of hydrogen-bond donors (Lipinski definition) is 1. The molecule has 4 rings (SSSR count). The van der Waals surface area contributed by atoms with Crippen LogP contribution in [0.2, 0.25) is 5.02 Å². The molecule has 0 saturated heterocycles. The van der Waals surface area contributed by atoms with Crippen molar-refractivity contribution in [2.45, 2.75) is 5.22 Å². The minimum Gasteiger partial charge on any atom is -0.457 e. The summed E-state index contributed by atoms with van der Waals surface area (Å²) in [5.41, 5.74) is 2.18. The number of anilines is 1. The van der Waals surface area contributed by atoms with E-state index in [0.717, 1.165) is 5.52 Å². The lowest BCUT2D eigenvalue weighted by Crippen LogP contribution is -2.13. The van der Waals surface area contributed by atoms with Crippen LogP contribution in [-0.4, -0.2) is 16.6 Å². The molecule has 0 aliphatic carbocycles. The van der Waals surface area contributed by atoms with Crippen LogP contribution in [0.1, 0.15) is 0 Å². The molecule has 28 heavy (non-hydrogen) atoms. The highest BCUT2D eigenvalue weighted by Gasteiger charge is 2.09. The van der Waals surface area contributed by atoms with Gasteiger partial charge in [-0.05, 0) is 60.7 Å². The average Bonchev–Trinajstić information content (AvgIpc) is 3.13. The van der Waals surface area contributed by atoms with Crippen LogP contribution >= 0.6 is 23.4 Å². The van der Waals surface area contributed by atoms with Gasteiger partial charge in [0.15, 0.2) is 5.58 Å². The average molecular weight is 411 g/mol. The van der Waals surface area contributed by atoms with Crippen LogP contribution in [0.5, 0.6) is 11.5 Å².